The second kappa shape index (κ2) is 12.8. The molecule has 2 heterocycles. The number of benzene rings is 3. The van der Waals surface area contributed by atoms with Crippen LogP contribution < -0.4 is 5.32 Å². The van der Waals surface area contributed by atoms with Gasteiger partial charge in [-0.2, -0.15) is 0 Å². The first-order valence-electron chi connectivity index (χ1n) is 13.9. The van der Waals surface area contributed by atoms with E-state index in [1.165, 1.54) is 6.92 Å². The van der Waals surface area contributed by atoms with Crippen LogP contribution in [0.5, 0.6) is 0 Å². The van der Waals surface area contributed by atoms with Gasteiger partial charge in [-0.25, -0.2) is 0 Å². The molecule has 2 aliphatic heterocycles. The van der Waals surface area contributed by atoms with Crippen molar-refractivity contribution >= 4 is 17.5 Å². The second-order valence-electron chi connectivity index (χ2n) is 10.8. The monoisotopic (exact) mass is 564 g/mol. The molecule has 8 heteroatoms. The van der Waals surface area contributed by atoms with Crippen LogP contribution in [0.4, 0.5) is 0 Å². The number of piperidine rings is 1. The van der Waals surface area contributed by atoms with Crippen molar-refractivity contribution in [3.05, 3.63) is 106 Å². The molecule has 2 saturated heterocycles. The Morgan fingerprint density at radius 3 is 2.20 bits per heavy atom. The Morgan fingerprint density at radius 1 is 0.950 bits per heavy atom. The number of carbonyl (C=O) groups excluding carboxylic acids is 1. The van der Waals surface area contributed by atoms with E-state index in [2.05, 4.69) is 10.2 Å². The molecule has 2 aliphatic rings. The number of nitrogens with zero attached hydrogens (tertiary/aromatic N) is 1. The van der Waals surface area contributed by atoms with E-state index in [-0.39, 0.29) is 24.7 Å². The van der Waals surface area contributed by atoms with Gasteiger partial charge in [-0.1, -0.05) is 72.3 Å². The van der Waals surface area contributed by atoms with Crippen LogP contribution in [0.15, 0.2) is 72.8 Å². The highest BCUT2D eigenvalue weighted by atomic mass is 35.5. The smallest absolute Gasteiger partial charge is 0.217 e. The molecule has 2 fully saturated rings. The summed E-state index contributed by atoms with van der Waals surface area (Å²) in [6.45, 7) is 4.24. The number of aliphatic hydroxyl groups excluding tert-OH is 1. The molecule has 5 rings (SSSR count). The Labute approximate surface area is 240 Å². The van der Waals surface area contributed by atoms with Gasteiger partial charge >= 0.3 is 0 Å². The van der Waals surface area contributed by atoms with Gasteiger partial charge in [0.05, 0.1) is 24.4 Å². The number of carbonyl (C=O) groups is 1. The fourth-order valence-electron chi connectivity index (χ4n) is 5.49. The van der Waals surface area contributed by atoms with Crippen molar-refractivity contribution < 1.29 is 24.5 Å². The average molecular weight is 565 g/mol. The first-order chi connectivity index (χ1) is 19.3. The third-order valence-corrected chi connectivity index (χ3v) is 8.19. The van der Waals surface area contributed by atoms with Gasteiger partial charge < -0.3 is 29.9 Å². The van der Waals surface area contributed by atoms with Gasteiger partial charge in [0.2, 0.25) is 5.91 Å². The zero-order chi connectivity index (χ0) is 28.1. The summed E-state index contributed by atoms with van der Waals surface area (Å²) < 4.78 is 13.0. The molecule has 0 radical (unpaired) electrons. The van der Waals surface area contributed by atoms with E-state index < -0.39 is 11.9 Å². The van der Waals surface area contributed by atoms with Gasteiger partial charge in [0.1, 0.15) is 0 Å². The zero-order valence-electron chi connectivity index (χ0n) is 22.8. The highest BCUT2D eigenvalue weighted by Gasteiger charge is 2.37. The average Bonchev–Trinajstić information content (AvgIpc) is 2.98. The molecule has 3 atom stereocenters. The summed E-state index contributed by atoms with van der Waals surface area (Å²) in [7, 11) is 0. The van der Waals surface area contributed by atoms with E-state index in [1.54, 1.807) is 0 Å². The Kier molecular flexibility index (Phi) is 9.20. The normalized spacial score (nSPS) is 23.1. The van der Waals surface area contributed by atoms with Gasteiger partial charge in [-0.3, -0.25) is 4.79 Å². The molecule has 3 aromatic rings. The largest absolute Gasteiger partial charge is 0.392 e. The number of likely N-dealkylation sites (tertiary alicyclic amines) is 1. The number of hydrogen-bond donors (Lipinski definition) is 3. The highest BCUT2D eigenvalue weighted by Crippen LogP contribution is 2.39. The lowest BCUT2D eigenvalue weighted by atomic mass is 9.84. The van der Waals surface area contributed by atoms with Crippen LogP contribution in [0.25, 0.3) is 0 Å². The molecule has 40 heavy (non-hydrogen) atoms. The predicted octanol–water partition coefficient (Wildman–Crippen LogP) is 5.00. The van der Waals surface area contributed by atoms with Gasteiger partial charge in [0.15, 0.2) is 6.29 Å². The number of amides is 1. The SMILES string of the molecule is CC(=O)NCc1ccc([C@@H]2O[C@H](CN3CCC(O)(c4ccc(Cl)cc4)CC3)C[C@H](c3ccc(CO)cc3)O2)cc1. The Morgan fingerprint density at radius 2 is 1.57 bits per heavy atom. The summed E-state index contributed by atoms with van der Waals surface area (Å²) in [6, 6.07) is 23.3. The molecule has 212 valence electrons. The van der Waals surface area contributed by atoms with Crippen LogP contribution >= 0.6 is 11.6 Å². The maximum absolute atomic E-state index is 11.3. The lowest BCUT2D eigenvalue weighted by Crippen LogP contribution is -2.46. The lowest BCUT2D eigenvalue weighted by molar-refractivity contribution is -0.253. The molecule has 7 nitrogen and oxygen atoms in total. The summed E-state index contributed by atoms with van der Waals surface area (Å²) in [5, 5.41) is 24.3. The fourth-order valence-corrected chi connectivity index (χ4v) is 5.62. The first-order valence-corrected chi connectivity index (χ1v) is 14.2. The summed E-state index contributed by atoms with van der Waals surface area (Å²) in [5.41, 5.74) is 3.89. The molecule has 0 aromatic heterocycles. The maximum atomic E-state index is 11.3. The van der Waals surface area contributed by atoms with Crippen molar-refractivity contribution in [3.8, 4) is 0 Å². The quantitative estimate of drug-likeness (QED) is 0.357. The van der Waals surface area contributed by atoms with Crippen molar-refractivity contribution in [1.82, 2.24) is 10.2 Å². The molecular formula is C32H37ClN2O5. The van der Waals surface area contributed by atoms with Crippen LogP contribution in [-0.2, 0) is 33.0 Å². The topological polar surface area (TPSA) is 91.3 Å². The molecule has 0 saturated carbocycles. The maximum Gasteiger partial charge on any atom is 0.217 e. The van der Waals surface area contributed by atoms with Crippen LogP contribution in [0.3, 0.4) is 0 Å². The molecule has 0 aliphatic carbocycles. The van der Waals surface area contributed by atoms with E-state index in [0.717, 1.165) is 47.5 Å². The van der Waals surface area contributed by atoms with Gasteiger partial charge in [-0.05, 0) is 47.2 Å². The van der Waals surface area contributed by atoms with Crippen molar-refractivity contribution in [2.24, 2.45) is 0 Å². The molecule has 0 bridgehead atoms. The summed E-state index contributed by atoms with van der Waals surface area (Å²) in [4.78, 5) is 13.6. The predicted molar refractivity (Wildman–Crippen MR) is 153 cm³/mol. The van der Waals surface area contributed by atoms with Crippen LogP contribution in [0.2, 0.25) is 5.02 Å². The number of halogens is 1. The second-order valence-corrected chi connectivity index (χ2v) is 11.3. The number of ether oxygens (including phenoxy) is 2. The lowest BCUT2D eigenvalue weighted by Gasteiger charge is -2.42. The summed E-state index contributed by atoms with van der Waals surface area (Å²) in [5.74, 6) is -0.0646. The summed E-state index contributed by atoms with van der Waals surface area (Å²) in [6.07, 6.45) is 1.22. The van der Waals surface area contributed by atoms with Crippen molar-refractivity contribution in [2.45, 2.75) is 63.4 Å². The van der Waals surface area contributed by atoms with E-state index in [0.29, 0.717) is 30.8 Å². The minimum absolute atomic E-state index is 0.00231. The number of rotatable bonds is 8. The van der Waals surface area contributed by atoms with Crippen LogP contribution in [-0.4, -0.2) is 46.8 Å². The number of nitrogens with one attached hydrogen (secondary N) is 1. The zero-order valence-corrected chi connectivity index (χ0v) is 23.5. The molecule has 0 spiro atoms. The van der Waals surface area contributed by atoms with Crippen molar-refractivity contribution in [1.29, 1.82) is 0 Å². The van der Waals surface area contributed by atoms with E-state index >= 15 is 0 Å². The number of aliphatic hydroxyl groups is 2. The molecular weight excluding hydrogens is 528 g/mol. The molecule has 0 unspecified atom stereocenters. The van der Waals surface area contributed by atoms with E-state index in [1.807, 2.05) is 72.8 Å². The standard InChI is InChI=1S/C32H37ClN2O5/c1-22(37)34-19-23-2-8-26(9-3-23)31-39-29(18-30(40-31)25-6-4-24(21-36)5-7-25)20-35-16-14-32(38,15-17-35)27-10-12-28(33)13-11-27/h2-13,29-31,36,38H,14-21H2,1H3,(H,34,37)/t29-,30+,31+/m0/s1. The third kappa shape index (κ3) is 7.10. The number of hydrogen-bond acceptors (Lipinski definition) is 6. The highest BCUT2D eigenvalue weighted by molar-refractivity contribution is 6.30. The van der Waals surface area contributed by atoms with E-state index in [9.17, 15) is 15.0 Å². The van der Waals surface area contributed by atoms with Crippen molar-refractivity contribution in [2.75, 3.05) is 19.6 Å². The summed E-state index contributed by atoms with van der Waals surface area (Å²) >= 11 is 6.05. The Hall–Kier alpha value is -2.78. The Balaban J connectivity index is 1.28. The van der Waals surface area contributed by atoms with Gasteiger partial charge in [0, 0.05) is 50.1 Å². The van der Waals surface area contributed by atoms with E-state index in [4.69, 9.17) is 21.1 Å². The minimum atomic E-state index is -0.851. The fraction of sp³-hybridized carbons (Fsp3) is 0.406. The first kappa shape index (κ1) is 28.7. The minimum Gasteiger partial charge on any atom is -0.392 e. The Bertz CT molecular complexity index is 1260. The molecule has 3 N–H and O–H groups in total. The van der Waals surface area contributed by atoms with Gasteiger partial charge in [0.25, 0.3) is 0 Å². The van der Waals surface area contributed by atoms with Crippen LogP contribution in [0.1, 0.15) is 66.4 Å². The molecule has 3 aromatic carbocycles. The van der Waals surface area contributed by atoms with Crippen molar-refractivity contribution in [3.63, 3.8) is 0 Å². The molecule has 1 amide bonds. The third-order valence-electron chi connectivity index (χ3n) is 7.93. The van der Waals surface area contributed by atoms with Crippen LogP contribution in [0, 0.1) is 0 Å². The van der Waals surface area contributed by atoms with Gasteiger partial charge in [-0.15, -0.1) is 0 Å².